The van der Waals surface area contributed by atoms with Crippen LogP contribution in [0.25, 0.3) is 11.4 Å². The van der Waals surface area contributed by atoms with E-state index in [1.165, 1.54) is 12.4 Å². The summed E-state index contributed by atoms with van der Waals surface area (Å²) in [4.78, 5) is 8.09. The van der Waals surface area contributed by atoms with Crippen molar-refractivity contribution in [3.63, 3.8) is 0 Å². The van der Waals surface area contributed by atoms with Crippen molar-refractivity contribution >= 4 is 0 Å². The van der Waals surface area contributed by atoms with Gasteiger partial charge in [0, 0.05) is 18.0 Å². The third kappa shape index (κ3) is 9.09. The summed E-state index contributed by atoms with van der Waals surface area (Å²) >= 11 is 0. The third-order valence-corrected chi connectivity index (χ3v) is 8.22. The summed E-state index contributed by atoms with van der Waals surface area (Å²) in [5.41, 5.74) is 0.804. The van der Waals surface area contributed by atoms with E-state index >= 15 is 0 Å². The molecule has 1 aromatic heterocycles. The molecule has 0 aliphatic rings. The maximum Gasteiger partial charge on any atom is 0.460 e. The lowest BCUT2D eigenvalue weighted by Gasteiger charge is -2.44. The van der Waals surface area contributed by atoms with Crippen LogP contribution in [0.1, 0.15) is 51.0 Å². The highest BCUT2D eigenvalue weighted by molar-refractivity contribution is 5.55. The summed E-state index contributed by atoms with van der Waals surface area (Å²) in [7, 11) is 0. The highest BCUT2D eigenvalue weighted by atomic mass is 19.4. The normalized spacial score (nSPS) is 15.1. The molecule has 0 fully saturated rings. The number of nitrogens with zero attached hydrogens (tertiary/aromatic N) is 2. The van der Waals surface area contributed by atoms with Crippen LogP contribution < -0.4 is 4.74 Å². The van der Waals surface area contributed by atoms with Gasteiger partial charge < -0.3 is 4.74 Å². The van der Waals surface area contributed by atoms with Crippen molar-refractivity contribution in [3.05, 3.63) is 42.2 Å². The number of benzene rings is 1. The van der Waals surface area contributed by atoms with Crippen LogP contribution in [-0.2, 0) is 11.2 Å². The molecule has 0 aliphatic carbocycles. The average Bonchev–Trinajstić information content (AvgIpc) is 3.11. The third-order valence-electron chi connectivity index (χ3n) is 8.22. The van der Waals surface area contributed by atoms with Gasteiger partial charge in [0.05, 0.1) is 0 Å². The number of hydrogen-bond donors (Lipinski definition) is 0. The monoisotopic (exact) mass is 932 g/mol. The molecule has 0 amide bonds. The van der Waals surface area contributed by atoms with E-state index in [0.29, 0.717) is 24.1 Å². The number of hydrogen-bond acceptors (Lipinski definition) is 4. The van der Waals surface area contributed by atoms with Crippen LogP contribution in [0.2, 0.25) is 0 Å². The van der Waals surface area contributed by atoms with Gasteiger partial charge in [-0.2, -0.15) is 110 Å². The van der Waals surface area contributed by atoms with Crippen molar-refractivity contribution in [2.75, 3.05) is 6.61 Å². The van der Waals surface area contributed by atoms with E-state index in [-0.39, 0.29) is 11.4 Å². The summed E-state index contributed by atoms with van der Waals surface area (Å²) in [6.07, 6.45) is -14.7. The molecule has 0 aliphatic heterocycles. The number of aryl methyl sites for hydroxylation is 1. The van der Waals surface area contributed by atoms with Crippen LogP contribution in [0.4, 0.5) is 110 Å². The molecule has 2 aromatic rings. The standard InChI is InChI=1S/C31H25F25N2O2/c1-2-3-4-5-6-7-8-16-13-57-19(58-14-16)17-9-11-18(12-10-17)59-15-20(32,33)30(53,54)60-31(55,56)28(48,49)26(44,45)24(40,41)22(36,37)21(34,35)23(38,39)25(42,43)27(46,47)29(50,51)52/h9-14H,2-8,15H2,1H3. The molecule has 0 radical (unpaired) electrons. The molecule has 0 unspecified atom stereocenters. The average molecular weight is 933 g/mol. The molecule has 4 nitrogen and oxygen atoms in total. The zero-order valence-electron chi connectivity index (χ0n) is 29.3. The van der Waals surface area contributed by atoms with Gasteiger partial charge in [0.25, 0.3) is 0 Å². The Labute approximate surface area is 319 Å². The van der Waals surface area contributed by atoms with Crippen molar-refractivity contribution < 1.29 is 119 Å². The van der Waals surface area contributed by atoms with Crippen LogP contribution in [0.5, 0.6) is 5.75 Å². The Bertz CT molecular complexity index is 1710. The molecular formula is C31H25F25N2O2. The molecule has 0 saturated carbocycles. The molecule has 29 heteroatoms. The Morgan fingerprint density at radius 3 is 1.25 bits per heavy atom. The molecule has 0 atom stereocenters. The second kappa shape index (κ2) is 16.9. The fourth-order valence-corrected chi connectivity index (χ4v) is 4.54. The van der Waals surface area contributed by atoms with E-state index in [1.807, 2.05) is 6.92 Å². The Hall–Kier alpha value is -3.69. The van der Waals surface area contributed by atoms with E-state index in [2.05, 4.69) is 14.7 Å². The number of unbranched alkanes of at least 4 members (excludes halogenated alkanes) is 5. The lowest BCUT2D eigenvalue weighted by atomic mass is 9.87. The van der Waals surface area contributed by atoms with E-state index in [9.17, 15) is 110 Å². The van der Waals surface area contributed by atoms with Crippen molar-refractivity contribution in [1.29, 1.82) is 0 Å². The maximum atomic E-state index is 14.2. The molecule has 60 heavy (non-hydrogen) atoms. The molecular weight excluding hydrogens is 907 g/mol. The Balaban J connectivity index is 2.29. The first-order valence-corrected chi connectivity index (χ1v) is 16.2. The van der Waals surface area contributed by atoms with Gasteiger partial charge >= 0.3 is 71.7 Å². The zero-order valence-corrected chi connectivity index (χ0v) is 29.3. The minimum absolute atomic E-state index is 0.0137. The summed E-state index contributed by atoms with van der Waals surface area (Å²) in [5.74, 6) is -81.6. The number of rotatable bonds is 22. The number of aromatic nitrogens is 2. The molecule has 346 valence electrons. The first kappa shape index (κ1) is 52.4. The summed E-state index contributed by atoms with van der Waals surface area (Å²) in [5, 5.41) is 0. The molecule has 1 aromatic carbocycles. The minimum Gasteiger partial charge on any atom is -0.487 e. The molecule has 0 bridgehead atoms. The van der Waals surface area contributed by atoms with Crippen LogP contribution in [-0.4, -0.2) is 88.3 Å². The predicted octanol–water partition coefficient (Wildman–Crippen LogP) is 12.9. The first-order chi connectivity index (χ1) is 26.7. The van der Waals surface area contributed by atoms with E-state index < -0.39 is 84.1 Å². The largest absolute Gasteiger partial charge is 0.487 e. The van der Waals surface area contributed by atoms with Gasteiger partial charge in [-0.3, -0.25) is 0 Å². The van der Waals surface area contributed by atoms with Crippen molar-refractivity contribution in [1.82, 2.24) is 9.97 Å². The topological polar surface area (TPSA) is 44.2 Å². The lowest BCUT2D eigenvalue weighted by molar-refractivity contribution is -0.512. The van der Waals surface area contributed by atoms with E-state index in [0.717, 1.165) is 50.7 Å². The molecule has 0 spiro atoms. The van der Waals surface area contributed by atoms with E-state index in [1.54, 1.807) is 4.74 Å². The second-order valence-electron chi connectivity index (χ2n) is 12.7. The van der Waals surface area contributed by atoms with Gasteiger partial charge in [0.1, 0.15) is 5.75 Å². The van der Waals surface area contributed by atoms with Crippen molar-refractivity contribution in [2.24, 2.45) is 0 Å². The quantitative estimate of drug-likeness (QED) is 0.0872. The lowest BCUT2D eigenvalue weighted by Crippen LogP contribution is -2.77. The van der Waals surface area contributed by atoms with Gasteiger partial charge in [0.15, 0.2) is 12.4 Å². The van der Waals surface area contributed by atoms with Gasteiger partial charge in [0.2, 0.25) is 0 Å². The van der Waals surface area contributed by atoms with Crippen molar-refractivity contribution in [2.45, 2.75) is 124 Å². The zero-order chi connectivity index (χ0) is 47.0. The molecule has 2 rings (SSSR count). The highest BCUT2D eigenvalue weighted by Gasteiger charge is 2.98. The Morgan fingerprint density at radius 2 is 0.833 bits per heavy atom. The fourth-order valence-electron chi connectivity index (χ4n) is 4.54. The van der Waals surface area contributed by atoms with Gasteiger partial charge in [-0.1, -0.05) is 39.0 Å². The predicted molar refractivity (Wildman–Crippen MR) is 152 cm³/mol. The second-order valence-corrected chi connectivity index (χ2v) is 12.7. The Morgan fingerprint density at radius 1 is 0.450 bits per heavy atom. The van der Waals surface area contributed by atoms with Crippen LogP contribution >= 0.6 is 0 Å². The summed E-state index contributed by atoms with van der Waals surface area (Å²) in [6, 6.07) is 3.31. The fraction of sp³-hybridized carbons (Fsp3) is 0.677. The number of halogens is 25. The number of alkyl halides is 25. The van der Waals surface area contributed by atoms with Crippen LogP contribution in [0, 0.1) is 0 Å². The summed E-state index contributed by atoms with van der Waals surface area (Å²) in [6.45, 7) is -0.955. The smallest absolute Gasteiger partial charge is 0.460 e. The van der Waals surface area contributed by atoms with Crippen molar-refractivity contribution in [3.8, 4) is 17.1 Å². The van der Waals surface area contributed by atoms with Gasteiger partial charge in [-0.15, -0.1) is 0 Å². The first-order valence-electron chi connectivity index (χ1n) is 16.2. The van der Waals surface area contributed by atoms with E-state index in [4.69, 9.17) is 0 Å². The van der Waals surface area contributed by atoms with Gasteiger partial charge in [-0.05, 0) is 42.7 Å². The van der Waals surface area contributed by atoms with Crippen LogP contribution in [0.15, 0.2) is 36.7 Å². The number of ether oxygens (including phenoxy) is 2. The molecule has 0 N–H and O–H groups in total. The highest BCUT2D eigenvalue weighted by Crippen LogP contribution is 2.66. The summed E-state index contributed by atoms with van der Waals surface area (Å²) < 4.78 is 346. The van der Waals surface area contributed by atoms with Gasteiger partial charge in [-0.25, -0.2) is 14.7 Å². The molecule has 0 saturated heterocycles. The Kier molecular flexibility index (Phi) is 14.8. The molecule has 1 heterocycles. The SMILES string of the molecule is CCCCCCCCc1cnc(-c2ccc(OCC(F)(F)C(F)(F)OC(F)(F)C(F)(F)C(F)(F)C(F)(F)C(F)(F)C(F)(F)C(F)(F)C(F)(F)C(F)(F)C(F)(F)F)cc2)nc1. The maximum absolute atomic E-state index is 14.2. The van der Waals surface area contributed by atoms with Crippen LogP contribution in [0.3, 0.4) is 0 Å². The minimum atomic E-state index is -9.57.